The quantitative estimate of drug-likeness (QED) is 0.458. The van der Waals surface area contributed by atoms with E-state index in [1.54, 1.807) is 17.8 Å². The predicted molar refractivity (Wildman–Crippen MR) is 27.3 cm³/mol. The molecule has 0 heterocycles. The van der Waals surface area contributed by atoms with Gasteiger partial charge in [-0.25, -0.2) is 0 Å². The standard InChI is InChI=1S/C4H7S/c1-3-4-5-2/h1,3H,4H2,2H3/q+1. The summed E-state index contributed by atoms with van der Waals surface area (Å²) >= 11 is 1.72. The molecule has 0 fully saturated rings. The van der Waals surface area contributed by atoms with Crippen molar-refractivity contribution in [2.24, 2.45) is 0 Å². The molecule has 0 atom stereocenters. The Hall–Kier alpha value is 0. The molecule has 28 valence electrons. The van der Waals surface area contributed by atoms with Crippen LogP contribution in [0.3, 0.4) is 0 Å². The molecule has 0 unspecified atom stereocenters. The van der Waals surface area contributed by atoms with Crippen molar-refractivity contribution >= 4 is 11.8 Å². The van der Waals surface area contributed by atoms with Gasteiger partial charge < -0.3 is 0 Å². The van der Waals surface area contributed by atoms with Crippen molar-refractivity contribution in [3.63, 3.8) is 0 Å². The van der Waals surface area contributed by atoms with E-state index in [2.05, 4.69) is 0 Å². The highest BCUT2D eigenvalue weighted by Gasteiger charge is 1.69. The lowest BCUT2D eigenvalue weighted by molar-refractivity contribution is 1.81. The first-order chi connectivity index (χ1) is 2.41. The van der Waals surface area contributed by atoms with Crippen molar-refractivity contribution in [1.82, 2.24) is 0 Å². The van der Waals surface area contributed by atoms with Gasteiger partial charge in [0, 0.05) is 0 Å². The van der Waals surface area contributed by atoms with E-state index < -0.39 is 0 Å². The Kier molecular flexibility index (Phi) is 4.00. The topological polar surface area (TPSA) is 0 Å². The maximum Gasteiger partial charge on any atom is 0.202 e. The molecular weight excluding hydrogens is 80.1 g/mol. The highest BCUT2D eigenvalue weighted by Crippen LogP contribution is 1.87. The van der Waals surface area contributed by atoms with E-state index in [-0.39, 0.29) is 0 Å². The second kappa shape index (κ2) is 4.00. The van der Waals surface area contributed by atoms with Crippen LogP contribution in [0.4, 0.5) is 0 Å². The van der Waals surface area contributed by atoms with Gasteiger partial charge in [0.1, 0.15) is 0 Å². The fraction of sp³-hybridized carbons (Fsp3) is 0.500. The molecule has 0 aromatic rings. The van der Waals surface area contributed by atoms with Gasteiger partial charge in [0.15, 0.2) is 6.08 Å². The molecule has 0 radical (unpaired) electrons. The van der Waals surface area contributed by atoms with Gasteiger partial charge in [0.25, 0.3) is 0 Å². The minimum absolute atomic E-state index is 0.958. The molecule has 1 heteroatoms. The summed E-state index contributed by atoms with van der Waals surface area (Å²) in [5.41, 5.74) is 0. The Morgan fingerprint density at radius 1 is 2.00 bits per heavy atom. The zero-order chi connectivity index (χ0) is 4.12. The van der Waals surface area contributed by atoms with E-state index in [0.29, 0.717) is 0 Å². The number of hydrogen-bond donors (Lipinski definition) is 0. The normalized spacial score (nSPS) is 7.20. The van der Waals surface area contributed by atoms with E-state index in [1.165, 1.54) is 0 Å². The van der Waals surface area contributed by atoms with Crippen LogP contribution in [0.5, 0.6) is 0 Å². The Balaban J connectivity index is 2.40. The molecule has 0 aromatic heterocycles. The molecule has 5 heavy (non-hydrogen) atoms. The van der Waals surface area contributed by atoms with Crippen LogP contribution in [0.1, 0.15) is 0 Å². The van der Waals surface area contributed by atoms with E-state index in [4.69, 9.17) is 6.58 Å². The summed E-state index contributed by atoms with van der Waals surface area (Å²) in [4.78, 5) is 0. The van der Waals surface area contributed by atoms with Crippen LogP contribution in [0.2, 0.25) is 0 Å². The maximum absolute atomic E-state index is 4.99. The Morgan fingerprint density at radius 3 is 2.60 bits per heavy atom. The summed E-state index contributed by atoms with van der Waals surface area (Å²) < 4.78 is 0. The average Bonchev–Trinajstić information content (AvgIpc) is 1.41. The summed E-state index contributed by atoms with van der Waals surface area (Å²) in [6, 6.07) is 0. The van der Waals surface area contributed by atoms with Crippen molar-refractivity contribution in [2.45, 2.75) is 0 Å². The zero-order valence-electron chi connectivity index (χ0n) is 3.27. The molecule has 0 amide bonds. The number of rotatable bonds is 2. The molecule has 0 bridgehead atoms. The molecule has 0 aliphatic rings. The Bertz CT molecular complexity index is 24.8. The number of thioether (sulfide) groups is 1. The summed E-state index contributed by atoms with van der Waals surface area (Å²) in [5.74, 6) is 0.958. The Labute approximate surface area is 37.3 Å². The molecule has 0 saturated carbocycles. The fourth-order valence-corrected chi connectivity index (χ4v) is 0.289. The molecule has 0 spiro atoms. The minimum Gasteiger partial charge on any atom is -0.156 e. The van der Waals surface area contributed by atoms with E-state index >= 15 is 0 Å². The van der Waals surface area contributed by atoms with Gasteiger partial charge >= 0.3 is 0 Å². The largest absolute Gasteiger partial charge is 0.202 e. The van der Waals surface area contributed by atoms with Crippen molar-refractivity contribution in [1.29, 1.82) is 0 Å². The molecule has 0 aliphatic carbocycles. The molecular formula is C4H7S+. The summed E-state index contributed by atoms with van der Waals surface area (Å²) in [6.45, 7) is 4.99. The molecule has 0 nitrogen and oxygen atoms in total. The fourth-order valence-electron chi connectivity index (χ4n) is 0.0962. The second-order valence-electron chi connectivity index (χ2n) is 0.691. The monoisotopic (exact) mass is 87.0 g/mol. The molecule has 0 N–H and O–H groups in total. The van der Waals surface area contributed by atoms with Gasteiger partial charge in [0.2, 0.25) is 6.58 Å². The predicted octanol–water partition coefficient (Wildman–Crippen LogP) is 1.34. The summed E-state index contributed by atoms with van der Waals surface area (Å²) in [5, 5.41) is 0. The van der Waals surface area contributed by atoms with Gasteiger partial charge in [-0.2, -0.15) is 11.8 Å². The zero-order valence-corrected chi connectivity index (χ0v) is 4.09. The van der Waals surface area contributed by atoms with Gasteiger partial charge in [-0.05, 0) is 6.26 Å². The highest BCUT2D eigenvalue weighted by molar-refractivity contribution is 7.98. The lowest BCUT2D eigenvalue weighted by Crippen LogP contribution is -1.57. The van der Waals surface area contributed by atoms with Crippen molar-refractivity contribution < 1.29 is 0 Å². The third-order valence-corrected chi connectivity index (χ3v) is 0.789. The third-order valence-electron chi connectivity index (χ3n) is 0.263. The first kappa shape index (κ1) is 5.00. The lowest BCUT2D eigenvalue weighted by atomic mass is 10.8. The van der Waals surface area contributed by atoms with E-state index in [0.717, 1.165) is 5.75 Å². The minimum atomic E-state index is 0.958. The average molecular weight is 87.2 g/mol. The van der Waals surface area contributed by atoms with E-state index in [1.807, 2.05) is 6.26 Å². The summed E-state index contributed by atoms with van der Waals surface area (Å²) in [6.07, 6.45) is 3.66. The van der Waals surface area contributed by atoms with Crippen LogP contribution in [-0.2, 0) is 0 Å². The van der Waals surface area contributed by atoms with Crippen molar-refractivity contribution in [3.05, 3.63) is 12.7 Å². The van der Waals surface area contributed by atoms with Crippen LogP contribution in [0, 0.1) is 6.58 Å². The van der Waals surface area contributed by atoms with Gasteiger partial charge in [0.05, 0.1) is 5.75 Å². The maximum atomic E-state index is 4.99. The Morgan fingerprint density at radius 2 is 2.60 bits per heavy atom. The SMILES string of the molecule is [CH+]=CCSC. The van der Waals surface area contributed by atoms with Crippen LogP contribution in [0.25, 0.3) is 0 Å². The molecule has 0 saturated heterocycles. The third kappa shape index (κ3) is 4.00. The number of hydrogen-bond acceptors (Lipinski definition) is 1. The van der Waals surface area contributed by atoms with Gasteiger partial charge in [-0.1, -0.05) is 0 Å². The molecule has 0 aliphatic heterocycles. The first-order valence-corrected chi connectivity index (χ1v) is 2.83. The van der Waals surface area contributed by atoms with Crippen LogP contribution < -0.4 is 0 Å². The highest BCUT2D eigenvalue weighted by atomic mass is 32.2. The molecule has 0 rings (SSSR count). The second-order valence-corrected chi connectivity index (χ2v) is 1.60. The lowest BCUT2D eigenvalue weighted by Gasteiger charge is -1.67. The molecule has 0 aromatic carbocycles. The smallest absolute Gasteiger partial charge is 0.156 e. The summed E-state index contributed by atoms with van der Waals surface area (Å²) in [7, 11) is 0. The van der Waals surface area contributed by atoms with Gasteiger partial charge in [-0.3, -0.25) is 0 Å². The first-order valence-electron chi connectivity index (χ1n) is 1.44. The van der Waals surface area contributed by atoms with Crippen molar-refractivity contribution in [3.8, 4) is 0 Å². The van der Waals surface area contributed by atoms with Crippen molar-refractivity contribution in [2.75, 3.05) is 12.0 Å². The van der Waals surface area contributed by atoms with Crippen LogP contribution in [0.15, 0.2) is 6.08 Å². The van der Waals surface area contributed by atoms with Gasteiger partial charge in [-0.15, -0.1) is 0 Å². The van der Waals surface area contributed by atoms with E-state index in [9.17, 15) is 0 Å². The van der Waals surface area contributed by atoms with Crippen LogP contribution in [-0.4, -0.2) is 12.0 Å². The van der Waals surface area contributed by atoms with Crippen LogP contribution >= 0.6 is 11.8 Å².